The molecule has 196 valence electrons. The van der Waals surface area contributed by atoms with Gasteiger partial charge in [-0.3, -0.25) is 0 Å². The second kappa shape index (κ2) is 29.5. The summed E-state index contributed by atoms with van der Waals surface area (Å²) in [7, 11) is -0.562. The van der Waals surface area contributed by atoms with Crippen molar-refractivity contribution in [2.45, 2.75) is 107 Å². The molecule has 0 saturated carbocycles. The fourth-order valence-corrected chi connectivity index (χ4v) is 7.93. The van der Waals surface area contributed by atoms with Crippen LogP contribution in [0.4, 0.5) is 0 Å². The van der Waals surface area contributed by atoms with Gasteiger partial charge in [0.25, 0.3) is 0 Å². The zero-order valence-corrected chi connectivity index (χ0v) is 25.6. The lowest BCUT2D eigenvalue weighted by Crippen LogP contribution is -2.12. The summed E-state index contributed by atoms with van der Waals surface area (Å²) in [5.74, 6) is 0. The highest BCUT2D eigenvalue weighted by Crippen LogP contribution is 2.61. The fourth-order valence-electron chi connectivity index (χ4n) is 2.64. The predicted molar refractivity (Wildman–Crippen MR) is 151 cm³/mol. The Labute approximate surface area is 204 Å². The maximum absolute atomic E-state index is 7.56. The third-order valence-electron chi connectivity index (χ3n) is 3.94. The van der Waals surface area contributed by atoms with E-state index in [0.717, 1.165) is 0 Å². The van der Waals surface area contributed by atoms with E-state index in [1.165, 1.54) is 51.4 Å². The quantitative estimate of drug-likeness (QED) is 0.151. The molecule has 0 aliphatic rings. The number of unbranched alkanes of at least 4 members (excludes halogenated alkanes) is 4. The second-order valence-electron chi connectivity index (χ2n) is 6.68. The molecular formula is C20H54O6P3S2+. The highest BCUT2D eigenvalue weighted by Gasteiger charge is 2.34. The van der Waals surface area contributed by atoms with Crippen LogP contribution in [0.2, 0.25) is 0 Å². The minimum absolute atomic E-state index is 0.562. The Hall–Kier alpha value is 1.49. The molecule has 0 radical (unpaired) electrons. The van der Waals surface area contributed by atoms with Gasteiger partial charge in [-0.05, 0) is 49.3 Å². The van der Waals surface area contributed by atoms with E-state index >= 15 is 0 Å². The van der Waals surface area contributed by atoms with Gasteiger partial charge in [-0.15, -0.1) is 0 Å². The maximum atomic E-state index is 7.56. The standard InChI is InChI=1S/C16H36P.2C2H6.2H3O3PS/c1-5-9-13-17(14-10-6-2,15-11-7-3)16-12-8-4;2*1-2;2*1-4(2,3)5/h5-16H2,1-4H3;2*1-2H3;2*(H3,1,2,3,5)/q+1;;;;. The molecule has 0 aliphatic carbocycles. The highest BCUT2D eigenvalue weighted by atomic mass is 32.5. The topological polar surface area (TPSA) is 121 Å². The molecule has 0 spiro atoms. The lowest BCUT2D eigenvalue weighted by atomic mass is 10.4. The lowest BCUT2D eigenvalue weighted by Gasteiger charge is -2.28. The minimum atomic E-state index is -3.81. The summed E-state index contributed by atoms with van der Waals surface area (Å²) in [6.45, 7) is 9.81. The highest BCUT2D eigenvalue weighted by molar-refractivity contribution is 8.06. The average molecular weight is 548 g/mol. The Bertz CT molecular complexity index is 344. The normalized spacial score (nSPS) is 10.8. The summed E-state index contributed by atoms with van der Waals surface area (Å²) in [5, 5.41) is 0. The first-order chi connectivity index (χ1) is 14.2. The van der Waals surface area contributed by atoms with Gasteiger partial charge < -0.3 is 29.4 Å². The van der Waals surface area contributed by atoms with Crippen molar-refractivity contribution in [2.24, 2.45) is 0 Å². The minimum Gasteiger partial charge on any atom is -0.325 e. The van der Waals surface area contributed by atoms with Gasteiger partial charge in [-0.2, -0.15) is 0 Å². The molecule has 31 heavy (non-hydrogen) atoms. The Morgan fingerprint density at radius 3 is 0.710 bits per heavy atom. The molecule has 6 N–H and O–H groups in total. The molecule has 0 unspecified atom stereocenters. The van der Waals surface area contributed by atoms with Crippen molar-refractivity contribution in [1.82, 2.24) is 0 Å². The summed E-state index contributed by atoms with van der Waals surface area (Å²) in [6.07, 6.45) is 17.9. The Kier molecular flexibility index (Phi) is 40.6. The van der Waals surface area contributed by atoms with E-state index < -0.39 is 20.7 Å². The predicted octanol–water partition coefficient (Wildman–Crippen LogP) is 6.63. The van der Waals surface area contributed by atoms with E-state index in [9.17, 15) is 0 Å². The fraction of sp³-hybridized carbons (Fsp3) is 1.00. The SMILES string of the molecule is CC.CC.CCCC[P+](CCCC)(CCCC)CCCC.OP(O)(O)=S.OP(O)(O)=S. The first-order valence-corrected chi connectivity index (χ1v) is 19.5. The van der Waals surface area contributed by atoms with Crippen LogP contribution < -0.4 is 0 Å². The molecule has 0 aromatic heterocycles. The zero-order chi connectivity index (χ0) is 26.0. The van der Waals surface area contributed by atoms with Crippen molar-refractivity contribution < 1.29 is 29.4 Å². The molecule has 6 nitrogen and oxygen atoms in total. The van der Waals surface area contributed by atoms with Gasteiger partial charge in [0.15, 0.2) is 0 Å². The van der Waals surface area contributed by atoms with Gasteiger partial charge in [0.1, 0.15) is 0 Å². The molecule has 0 atom stereocenters. The van der Waals surface area contributed by atoms with E-state index in [2.05, 4.69) is 51.3 Å². The van der Waals surface area contributed by atoms with E-state index in [1.54, 1.807) is 24.6 Å². The molecule has 0 rings (SSSR count). The van der Waals surface area contributed by atoms with Crippen molar-refractivity contribution in [3.63, 3.8) is 0 Å². The Morgan fingerprint density at radius 2 is 0.613 bits per heavy atom. The van der Waals surface area contributed by atoms with Crippen LogP contribution in [0, 0.1) is 0 Å². The molecule has 0 saturated heterocycles. The molecule has 0 amide bonds. The molecule has 0 bridgehead atoms. The summed E-state index contributed by atoms with van der Waals surface area (Å²) in [4.78, 5) is 45.3. The first-order valence-electron chi connectivity index (χ1n) is 11.7. The van der Waals surface area contributed by atoms with Gasteiger partial charge in [-0.25, -0.2) is 0 Å². The molecule has 0 aromatic carbocycles. The number of rotatable bonds is 12. The van der Waals surface area contributed by atoms with Crippen molar-refractivity contribution in [2.75, 3.05) is 24.6 Å². The van der Waals surface area contributed by atoms with Crippen LogP contribution in [0.15, 0.2) is 0 Å². The van der Waals surface area contributed by atoms with E-state index in [-0.39, 0.29) is 0 Å². The Morgan fingerprint density at radius 1 is 0.484 bits per heavy atom. The van der Waals surface area contributed by atoms with Crippen LogP contribution in [0.3, 0.4) is 0 Å². The monoisotopic (exact) mass is 547 g/mol. The van der Waals surface area contributed by atoms with Gasteiger partial charge in [0.2, 0.25) is 0 Å². The van der Waals surface area contributed by atoms with Crippen molar-refractivity contribution in [3.8, 4) is 0 Å². The third-order valence-corrected chi connectivity index (χ3v) is 9.00. The van der Waals surface area contributed by atoms with E-state index in [1.807, 2.05) is 27.7 Å². The molecular weight excluding hydrogens is 493 g/mol. The molecule has 0 fully saturated rings. The molecule has 0 aliphatic heterocycles. The first kappa shape index (κ1) is 42.6. The van der Waals surface area contributed by atoms with Crippen LogP contribution in [-0.2, 0) is 23.6 Å². The van der Waals surface area contributed by atoms with Crippen LogP contribution in [0.5, 0.6) is 0 Å². The van der Waals surface area contributed by atoms with Crippen LogP contribution >= 0.6 is 20.7 Å². The molecule has 11 heteroatoms. The Balaban J connectivity index is -0.000000132. The molecule has 0 aromatic rings. The lowest BCUT2D eigenvalue weighted by molar-refractivity contribution is 0.361. The van der Waals surface area contributed by atoms with Crippen molar-refractivity contribution in [3.05, 3.63) is 0 Å². The molecule has 0 heterocycles. The number of hydrogen-bond donors (Lipinski definition) is 6. The van der Waals surface area contributed by atoms with E-state index in [4.69, 9.17) is 29.4 Å². The maximum Gasteiger partial charge on any atom is 0.319 e. The van der Waals surface area contributed by atoms with Gasteiger partial charge >= 0.3 is 13.4 Å². The average Bonchev–Trinajstić information content (AvgIpc) is 2.67. The second-order valence-corrected chi connectivity index (χ2v) is 16.1. The van der Waals surface area contributed by atoms with Crippen LogP contribution in [0.25, 0.3) is 0 Å². The van der Waals surface area contributed by atoms with Crippen molar-refractivity contribution >= 4 is 44.3 Å². The van der Waals surface area contributed by atoms with Crippen molar-refractivity contribution in [1.29, 1.82) is 0 Å². The largest absolute Gasteiger partial charge is 0.325 e. The van der Waals surface area contributed by atoms with Gasteiger partial charge in [0, 0.05) is 7.26 Å². The van der Waals surface area contributed by atoms with E-state index in [0.29, 0.717) is 0 Å². The van der Waals surface area contributed by atoms with Gasteiger partial charge in [-0.1, -0.05) is 81.1 Å². The smallest absolute Gasteiger partial charge is 0.319 e. The van der Waals surface area contributed by atoms with Gasteiger partial charge in [0.05, 0.1) is 24.6 Å². The number of hydrogen-bond acceptors (Lipinski definition) is 2. The summed E-state index contributed by atoms with van der Waals surface area (Å²) < 4.78 is 0. The third kappa shape index (κ3) is 59.3. The summed E-state index contributed by atoms with van der Waals surface area (Å²) >= 11 is 7.21. The van der Waals surface area contributed by atoms with Crippen LogP contribution in [0.1, 0.15) is 107 Å². The summed E-state index contributed by atoms with van der Waals surface area (Å²) in [6, 6.07) is 0. The zero-order valence-electron chi connectivity index (χ0n) is 21.3. The van der Waals surface area contributed by atoms with Crippen LogP contribution in [-0.4, -0.2) is 54.0 Å². The summed E-state index contributed by atoms with van der Waals surface area (Å²) in [5.41, 5.74) is 0.